The zero-order chi connectivity index (χ0) is 16.2. The van der Waals surface area contributed by atoms with Crippen LogP contribution in [0.4, 0.5) is 4.79 Å². The van der Waals surface area contributed by atoms with Crippen LogP contribution in [0.2, 0.25) is 0 Å². The van der Waals surface area contributed by atoms with E-state index in [4.69, 9.17) is 5.26 Å². The van der Waals surface area contributed by atoms with Crippen LogP contribution in [0.15, 0.2) is 36.8 Å². The maximum absolute atomic E-state index is 12.6. The Bertz CT molecular complexity index is 720. The molecule has 5 heteroatoms. The van der Waals surface area contributed by atoms with Crippen LogP contribution in [0.25, 0.3) is 11.3 Å². The summed E-state index contributed by atoms with van der Waals surface area (Å²) >= 11 is 0. The average molecular weight is 308 g/mol. The summed E-state index contributed by atoms with van der Waals surface area (Å²) in [6, 6.07) is 9.59. The molecule has 5 nitrogen and oxygen atoms in total. The molecule has 0 N–H and O–H groups in total. The fraction of sp³-hybridized carbons (Fsp3) is 0.389. The zero-order valence-electron chi connectivity index (χ0n) is 13.3. The summed E-state index contributed by atoms with van der Waals surface area (Å²) in [6.45, 7) is 0. The van der Waals surface area contributed by atoms with Crippen molar-refractivity contribution >= 4 is 6.03 Å². The van der Waals surface area contributed by atoms with Crippen LogP contribution in [0.1, 0.15) is 37.7 Å². The Morgan fingerprint density at radius 2 is 1.96 bits per heavy atom. The predicted molar refractivity (Wildman–Crippen MR) is 87.8 cm³/mol. The van der Waals surface area contributed by atoms with E-state index in [0.29, 0.717) is 11.6 Å². The number of rotatable bonds is 2. The van der Waals surface area contributed by atoms with Gasteiger partial charge in [-0.3, -0.25) is 4.57 Å². The van der Waals surface area contributed by atoms with Gasteiger partial charge in [0, 0.05) is 24.8 Å². The van der Waals surface area contributed by atoms with Gasteiger partial charge in [0.2, 0.25) is 0 Å². The number of benzene rings is 1. The van der Waals surface area contributed by atoms with Crippen molar-refractivity contribution in [2.24, 2.45) is 0 Å². The normalized spacial score (nSPS) is 15.1. The van der Waals surface area contributed by atoms with Crippen molar-refractivity contribution in [3.8, 4) is 17.3 Å². The highest BCUT2D eigenvalue weighted by Gasteiger charge is 2.23. The van der Waals surface area contributed by atoms with Gasteiger partial charge in [0.05, 0.1) is 17.3 Å². The molecule has 1 saturated carbocycles. The minimum Gasteiger partial charge on any atom is -0.324 e. The number of carbonyl (C=O) groups excluding carboxylic acids is 1. The molecule has 3 rings (SSSR count). The summed E-state index contributed by atoms with van der Waals surface area (Å²) in [5, 5.41) is 8.84. The van der Waals surface area contributed by atoms with Crippen LogP contribution in [0.5, 0.6) is 0 Å². The van der Waals surface area contributed by atoms with Crippen molar-refractivity contribution in [1.29, 1.82) is 5.26 Å². The Morgan fingerprint density at radius 1 is 1.26 bits per heavy atom. The fourth-order valence-electron chi connectivity index (χ4n) is 3.10. The van der Waals surface area contributed by atoms with E-state index >= 15 is 0 Å². The Labute approximate surface area is 136 Å². The molecule has 2 aromatic rings. The van der Waals surface area contributed by atoms with E-state index in [9.17, 15) is 4.79 Å². The first-order chi connectivity index (χ1) is 11.2. The second-order valence-electron chi connectivity index (χ2n) is 6.04. The summed E-state index contributed by atoms with van der Waals surface area (Å²) in [6.07, 6.45) is 9.15. The first-order valence-electron chi connectivity index (χ1n) is 8.01. The first-order valence-corrected chi connectivity index (χ1v) is 8.01. The Kier molecular flexibility index (Phi) is 4.42. The molecule has 1 aliphatic carbocycles. The fourth-order valence-corrected chi connectivity index (χ4v) is 3.10. The molecule has 1 aliphatic rings. The number of carbonyl (C=O) groups is 1. The molecule has 0 saturated heterocycles. The van der Waals surface area contributed by atoms with E-state index in [-0.39, 0.29) is 6.03 Å². The average Bonchev–Trinajstić information content (AvgIpc) is 3.11. The van der Waals surface area contributed by atoms with Crippen molar-refractivity contribution in [3.05, 3.63) is 42.4 Å². The molecule has 118 valence electrons. The van der Waals surface area contributed by atoms with Gasteiger partial charge in [-0.05, 0) is 25.0 Å². The highest BCUT2D eigenvalue weighted by atomic mass is 16.2. The number of hydrogen-bond acceptors (Lipinski definition) is 3. The second-order valence-corrected chi connectivity index (χ2v) is 6.04. The van der Waals surface area contributed by atoms with Gasteiger partial charge in [-0.1, -0.05) is 31.4 Å². The molecule has 0 radical (unpaired) electrons. The third-order valence-electron chi connectivity index (χ3n) is 4.54. The lowest BCUT2D eigenvalue weighted by Crippen LogP contribution is -2.40. The maximum Gasteiger partial charge on any atom is 0.329 e. The molecule has 0 bridgehead atoms. The van der Waals surface area contributed by atoms with Gasteiger partial charge in [0.25, 0.3) is 0 Å². The SMILES string of the molecule is CN(C(=O)n1cnc(-c2ccc(C#N)cc2)c1)C1CCCCC1. The molecule has 0 aliphatic heterocycles. The lowest BCUT2D eigenvalue weighted by molar-refractivity contribution is 0.175. The van der Waals surface area contributed by atoms with E-state index in [0.717, 1.165) is 24.1 Å². The smallest absolute Gasteiger partial charge is 0.324 e. The molecule has 0 atom stereocenters. The van der Waals surface area contributed by atoms with Gasteiger partial charge in [0.15, 0.2) is 0 Å². The summed E-state index contributed by atoms with van der Waals surface area (Å²) in [4.78, 5) is 18.8. The summed E-state index contributed by atoms with van der Waals surface area (Å²) in [7, 11) is 1.87. The van der Waals surface area contributed by atoms with E-state index in [1.54, 1.807) is 29.2 Å². The lowest BCUT2D eigenvalue weighted by Gasteiger charge is -2.31. The minimum absolute atomic E-state index is 0.0377. The Morgan fingerprint density at radius 3 is 2.61 bits per heavy atom. The highest BCUT2D eigenvalue weighted by Crippen LogP contribution is 2.23. The van der Waals surface area contributed by atoms with E-state index in [1.807, 2.05) is 24.1 Å². The quantitative estimate of drug-likeness (QED) is 0.850. The summed E-state index contributed by atoms with van der Waals surface area (Å²) in [5.74, 6) is 0. The van der Waals surface area contributed by atoms with Gasteiger partial charge in [-0.2, -0.15) is 5.26 Å². The van der Waals surface area contributed by atoms with Crippen LogP contribution >= 0.6 is 0 Å². The topological polar surface area (TPSA) is 61.9 Å². The predicted octanol–water partition coefficient (Wildman–Crippen LogP) is 3.65. The van der Waals surface area contributed by atoms with Gasteiger partial charge < -0.3 is 4.90 Å². The van der Waals surface area contributed by atoms with E-state index < -0.39 is 0 Å². The van der Waals surface area contributed by atoms with Crippen LogP contribution in [-0.4, -0.2) is 33.6 Å². The molecule has 1 heterocycles. The molecule has 1 amide bonds. The molecule has 0 unspecified atom stereocenters. The minimum atomic E-state index is -0.0377. The molecular formula is C18H20N4O. The van der Waals surface area contributed by atoms with Crippen molar-refractivity contribution in [2.45, 2.75) is 38.1 Å². The van der Waals surface area contributed by atoms with E-state index in [2.05, 4.69) is 11.1 Å². The molecule has 23 heavy (non-hydrogen) atoms. The third-order valence-corrected chi connectivity index (χ3v) is 4.54. The van der Waals surface area contributed by atoms with Crippen molar-refractivity contribution in [1.82, 2.24) is 14.5 Å². The van der Waals surface area contributed by atoms with Gasteiger partial charge in [-0.15, -0.1) is 0 Å². The molecule has 1 fully saturated rings. The van der Waals surface area contributed by atoms with Crippen LogP contribution in [-0.2, 0) is 0 Å². The zero-order valence-corrected chi connectivity index (χ0v) is 13.3. The number of imidazole rings is 1. The molecule has 1 aromatic carbocycles. The van der Waals surface area contributed by atoms with Crippen LogP contribution < -0.4 is 0 Å². The lowest BCUT2D eigenvalue weighted by atomic mass is 9.95. The number of nitriles is 1. The summed E-state index contributed by atoms with van der Waals surface area (Å²) < 4.78 is 1.54. The first kappa shape index (κ1) is 15.3. The molecular weight excluding hydrogens is 288 g/mol. The second kappa shape index (κ2) is 6.66. The number of amides is 1. The number of nitrogens with zero attached hydrogens (tertiary/aromatic N) is 4. The van der Waals surface area contributed by atoms with Crippen LogP contribution in [0.3, 0.4) is 0 Å². The van der Waals surface area contributed by atoms with Gasteiger partial charge in [-0.25, -0.2) is 9.78 Å². The van der Waals surface area contributed by atoms with E-state index in [1.165, 1.54) is 19.3 Å². The van der Waals surface area contributed by atoms with Crippen molar-refractivity contribution in [2.75, 3.05) is 7.05 Å². The molecule has 1 aromatic heterocycles. The third kappa shape index (κ3) is 3.26. The largest absolute Gasteiger partial charge is 0.329 e. The summed E-state index contributed by atoms with van der Waals surface area (Å²) in [5.41, 5.74) is 2.25. The molecule has 0 spiro atoms. The Hall–Kier alpha value is -2.61. The highest BCUT2D eigenvalue weighted by molar-refractivity contribution is 5.78. The van der Waals surface area contributed by atoms with Gasteiger partial charge in [0.1, 0.15) is 6.33 Å². The van der Waals surface area contributed by atoms with Gasteiger partial charge >= 0.3 is 6.03 Å². The number of aromatic nitrogens is 2. The number of hydrogen-bond donors (Lipinski definition) is 0. The maximum atomic E-state index is 12.6. The van der Waals surface area contributed by atoms with Crippen LogP contribution in [0, 0.1) is 11.3 Å². The monoisotopic (exact) mass is 308 g/mol. The standard InChI is InChI=1S/C18H20N4O/c1-21(16-5-3-2-4-6-16)18(23)22-12-17(20-13-22)15-9-7-14(11-19)8-10-15/h7-10,12-13,16H,2-6H2,1H3. The van der Waals surface area contributed by atoms with Crippen molar-refractivity contribution in [3.63, 3.8) is 0 Å². The Balaban J connectivity index is 1.75. The van der Waals surface area contributed by atoms with Crippen molar-refractivity contribution < 1.29 is 4.79 Å².